The topological polar surface area (TPSA) is 57.6 Å². The Hall–Kier alpha value is -2.52. The second-order valence-corrected chi connectivity index (χ2v) is 6.60. The second-order valence-electron chi connectivity index (χ2n) is 5.47. The van der Waals surface area contributed by atoms with Crippen LogP contribution in [0.25, 0.3) is 5.57 Å². The van der Waals surface area contributed by atoms with E-state index in [9.17, 15) is 4.79 Å². The molecular formula is C18H20N4OS. The van der Waals surface area contributed by atoms with Gasteiger partial charge < -0.3 is 10.3 Å². The zero-order valence-corrected chi connectivity index (χ0v) is 14.9. The van der Waals surface area contributed by atoms with Gasteiger partial charge in [0.25, 0.3) is 5.91 Å². The first-order valence-electron chi connectivity index (χ1n) is 7.40. The molecule has 1 atom stereocenters. The van der Waals surface area contributed by atoms with Crippen molar-refractivity contribution in [1.82, 2.24) is 15.3 Å². The Bertz CT molecular complexity index is 757. The van der Waals surface area contributed by atoms with Crippen molar-refractivity contribution in [3.8, 4) is 12.3 Å². The molecule has 0 aromatic carbocycles. The Morgan fingerprint density at radius 2 is 2.29 bits per heavy atom. The number of carbonyl (C=O) groups excluding carboxylic acids is 1. The van der Waals surface area contributed by atoms with Crippen molar-refractivity contribution in [2.75, 3.05) is 12.9 Å². The third-order valence-corrected chi connectivity index (χ3v) is 4.58. The quantitative estimate of drug-likeness (QED) is 0.676. The van der Waals surface area contributed by atoms with Crippen LogP contribution in [0.4, 0.5) is 0 Å². The monoisotopic (exact) mass is 340 g/mol. The van der Waals surface area contributed by atoms with Crippen LogP contribution in [0.2, 0.25) is 0 Å². The van der Waals surface area contributed by atoms with Crippen LogP contribution in [-0.4, -0.2) is 34.9 Å². The summed E-state index contributed by atoms with van der Waals surface area (Å²) in [6, 6.07) is 3.65. The molecule has 0 saturated heterocycles. The Morgan fingerprint density at radius 1 is 1.54 bits per heavy atom. The third-order valence-electron chi connectivity index (χ3n) is 3.56. The molecule has 124 valence electrons. The van der Waals surface area contributed by atoms with Crippen LogP contribution in [0.5, 0.6) is 0 Å². The number of thioether (sulfide) groups is 1. The van der Waals surface area contributed by atoms with E-state index in [1.807, 2.05) is 19.9 Å². The summed E-state index contributed by atoms with van der Waals surface area (Å²) in [6.07, 6.45) is 8.99. The second kappa shape index (κ2) is 7.84. The van der Waals surface area contributed by atoms with E-state index in [1.54, 1.807) is 37.3 Å². The highest BCUT2D eigenvalue weighted by Gasteiger charge is 2.20. The molecule has 1 aromatic rings. The van der Waals surface area contributed by atoms with Gasteiger partial charge in [-0.15, -0.1) is 18.2 Å². The number of nitrogens with one attached hydrogen (secondary N) is 1. The van der Waals surface area contributed by atoms with Crippen LogP contribution in [0.3, 0.4) is 0 Å². The molecule has 2 rings (SSSR count). The summed E-state index contributed by atoms with van der Waals surface area (Å²) in [5, 5.41) is 4.13. The minimum absolute atomic E-state index is 0.0610. The lowest BCUT2D eigenvalue weighted by molar-refractivity contribution is -0.121. The van der Waals surface area contributed by atoms with Gasteiger partial charge in [-0.1, -0.05) is 12.5 Å². The standard InChI is InChI=1S/C18H20N4OS/c1-6-16(12(2)3)22(5)18(23)13(4)14-7-8-19-15(9-14)17-10-20-21-11-24-17/h1,7-10,17,21H,4,11H2,2-3,5H3. The maximum Gasteiger partial charge on any atom is 0.258 e. The zero-order valence-electron chi connectivity index (χ0n) is 14.0. The first-order chi connectivity index (χ1) is 11.5. The van der Waals surface area contributed by atoms with Crippen molar-refractivity contribution in [2.24, 2.45) is 5.10 Å². The minimum Gasteiger partial charge on any atom is -0.304 e. The third kappa shape index (κ3) is 3.87. The number of rotatable bonds is 4. The molecule has 1 aliphatic rings. The number of carbonyl (C=O) groups is 1. The van der Waals surface area contributed by atoms with E-state index in [0.717, 1.165) is 22.7 Å². The Labute approximate surface area is 146 Å². The summed E-state index contributed by atoms with van der Waals surface area (Å²) in [5.41, 5.74) is 6.30. The van der Waals surface area contributed by atoms with Crippen molar-refractivity contribution in [3.05, 3.63) is 47.4 Å². The van der Waals surface area contributed by atoms with Gasteiger partial charge in [-0.05, 0) is 37.1 Å². The van der Waals surface area contributed by atoms with E-state index in [0.29, 0.717) is 11.3 Å². The van der Waals surface area contributed by atoms with Gasteiger partial charge in [0.1, 0.15) is 0 Å². The molecule has 6 heteroatoms. The smallest absolute Gasteiger partial charge is 0.258 e. The molecule has 0 radical (unpaired) electrons. The zero-order chi connectivity index (χ0) is 17.7. The number of pyridine rings is 1. The van der Waals surface area contributed by atoms with Crippen molar-refractivity contribution in [1.29, 1.82) is 0 Å². The van der Waals surface area contributed by atoms with Crippen LogP contribution in [0, 0.1) is 12.3 Å². The first-order valence-corrected chi connectivity index (χ1v) is 8.45. The van der Waals surface area contributed by atoms with E-state index < -0.39 is 0 Å². The average molecular weight is 340 g/mol. The van der Waals surface area contributed by atoms with E-state index in [-0.39, 0.29) is 11.2 Å². The Morgan fingerprint density at radius 3 is 2.88 bits per heavy atom. The molecule has 1 aromatic heterocycles. The van der Waals surface area contributed by atoms with Gasteiger partial charge in [0.05, 0.1) is 22.5 Å². The maximum absolute atomic E-state index is 12.7. The van der Waals surface area contributed by atoms with Gasteiger partial charge in [-0.25, -0.2) is 0 Å². The van der Waals surface area contributed by atoms with Gasteiger partial charge >= 0.3 is 0 Å². The maximum atomic E-state index is 12.7. The van der Waals surface area contributed by atoms with Crippen molar-refractivity contribution in [2.45, 2.75) is 19.1 Å². The molecule has 0 fully saturated rings. The molecule has 2 heterocycles. The molecular weight excluding hydrogens is 320 g/mol. The van der Waals surface area contributed by atoms with E-state index in [4.69, 9.17) is 6.42 Å². The fraction of sp³-hybridized carbons (Fsp3) is 0.278. The fourth-order valence-corrected chi connectivity index (χ4v) is 3.06. The average Bonchev–Trinajstić information content (AvgIpc) is 2.61. The van der Waals surface area contributed by atoms with Gasteiger partial charge in [0.2, 0.25) is 0 Å². The largest absolute Gasteiger partial charge is 0.304 e. The van der Waals surface area contributed by atoms with Crippen LogP contribution in [-0.2, 0) is 4.79 Å². The number of nitrogens with zero attached hydrogens (tertiary/aromatic N) is 3. The highest BCUT2D eigenvalue weighted by atomic mass is 32.2. The highest BCUT2D eigenvalue weighted by molar-refractivity contribution is 8.00. The lowest BCUT2D eigenvalue weighted by Gasteiger charge is -2.20. The minimum atomic E-state index is -0.229. The van der Waals surface area contributed by atoms with Crippen LogP contribution in [0.1, 0.15) is 30.4 Å². The van der Waals surface area contributed by atoms with Crippen LogP contribution >= 0.6 is 11.8 Å². The molecule has 1 N–H and O–H groups in total. The molecule has 1 unspecified atom stereocenters. The fourth-order valence-electron chi connectivity index (χ4n) is 2.29. The molecule has 0 spiro atoms. The number of aromatic nitrogens is 1. The molecule has 24 heavy (non-hydrogen) atoms. The van der Waals surface area contributed by atoms with Crippen LogP contribution < -0.4 is 5.43 Å². The first kappa shape index (κ1) is 17.8. The van der Waals surface area contributed by atoms with E-state index >= 15 is 0 Å². The van der Waals surface area contributed by atoms with Gasteiger partial charge in [-0.2, -0.15) is 5.10 Å². The predicted octanol–water partition coefficient (Wildman–Crippen LogP) is 2.80. The van der Waals surface area contributed by atoms with Crippen molar-refractivity contribution in [3.63, 3.8) is 0 Å². The highest BCUT2D eigenvalue weighted by Crippen LogP contribution is 2.28. The number of hydrogen-bond acceptors (Lipinski definition) is 5. The molecule has 0 aliphatic carbocycles. The number of hydrogen-bond donors (Lipinski definition) is 1. The number of likely N-dealkylation sites (N-methyl/N-ethyl adjacent to an activating group) is 1. The summed E-state index contributed by atoms with van der Waals surface area (Å²) in [4.78, 5) is 18.5. The molecule has 0 saturated carbocycles. The Balaban J connectivity index is 2.25. The lowest BCUT2D eigenvalue weighted by atomic mass is 10.1. The van der Waals surface area contributed by atoms with Crippen molar-refractivity contribution >= 4 is 29.5 Å². The summed E-state index contributed by atoms with van der Waals surface area (Å²) >= 11 is 1.68. The number of allylic oxidation sites excluding steroid dienone is 2. The SMILES string of the molecule is C#CC(=C(C)C)N(C)C(=O)C(=C)c1ccnc(C2C=NNCS2)c1. The Kier molecular flexibility index (Phi) is 5.83. The molecule has 1 aliphatic heterocycles. The van der Waals surface area contributed by atoms with Gasteiger partial charge in [0.15, 0.2) is 0 Å². The summed E-state index contributed by atoms with van der Waals surface area (Å²) in [6.45, 7) is 7.70. The van der Waals surface area contributed by atoms with Gasteiger partial charge in [0, 0.05) is 25.0 Å². The number of hydrazone groups is 1. The number of terminal acetylenes is 1. The molecule has 0 bridgehead atoms. The van der Waals surface area contributed by atoms with Gasteiger partial charge in [-0.3, -0.25) is 9.78 Å². The summed E-state index contributed by atoms with van der Waals surface area (Å²) < 4.78 is 0. The molecule has 1 amide bonds. The lowest BCUT2D eigenvalue weighted by Crippen LogP contribution is -2.27. The molecule has 5 nitrogen and oxygen atoms in total. The number of amides is 1. The summed E-state index contributed by atoms with van der Waals surface area (Å²) in [5.74, 6) is 3.05. The van der Waals surface area contributed by atoms with Crippen molar-refractivity contribution < 1.29 is 4.79 Å². The predicted molar refractivity (Wildman–Crippen MR) is 100 cm³/mol. The summed E-state index contributed by atoms with van der Waals surface area (Å²) in [7, 11) is 1.66. The van der Waals surface area contributed by atoms with E-state index in [1.165, 1.54) is 4.90 Å². The van der Waals surface area contributed by atoms with Crippen LogP contribution in [0.15, 0.2) is 41.3 Å². The normalized spacial score (nSPS) is 15.8. The van der Waals surface area contributed by atoms with E-state index in [2.05, 4.69) is 28.0 Å².